The average Bonchev–Trinajstić information content (AvgIpc) is 2.26. The number of hydroxylamine groups is 1. The molecule has 1 rings (SSSR count). The lowest BCUT2D eigenvalue weighted by molar-refractivity contribution is -0.204. The van der Waals surface area contributed by atoms with Gasteiger partial charge in [0.1, 0.15) is 0 Å². The zero-order chi connectivity index (χ0) is 12.9. The number of carbonyl (C=O) groups excluding carboxylic acids is 2. The minimum atomic E-state index is -5.17. The Bertz CT molecular complexity index is 407. The molecule has 92 valence electrons. The van der Waals surface area contributed by atoms with Crippen molar-refractivity contribution in [3.63, 3.8) is 0 Å². The molecule has 0 spiro atoms. The van der Waals surface area contributed by atoms with Crippen molar-refractivity contribution in [2.75, 3.05) is 5.32 Å². The lowest BCUT2D eigenvalue weighted by Gasteiger charge is -2.08. The molecule has 0 saturated heterocycles. The van der Waals surface area contributed by atoms with Gasteiger partial charge in [0.15, 0.2) is 0 Å². The number of nitrogens with zero attached hydrogens (tertiary/aromatic N) is 1. The number of hydrogen-bond donors (Lipinski definition) is 2. The first-order chi connectivity index (χ1) is 7.89. The van der Waals surface area contributed by atoms with E-state index in [1.807, 2.05) is 0 Å². The third kappa shape index (κ3) is 4.36. The summed E-state index contributed by atoms with van der Waals surface area (Å²) in [5, 5.41) is 2.09. The molecule has 0 aliphatic carbocycles. The smallest absolute Gasteiger partial charge is 0.331 e. The lowest BCUT2D eigenvalue weighted by Crippen LogP contribution is -2.36. The number of amides is 2. The van der Waals surface area contributed by atoms with Gasteiger partial charge in [-0.15, -0.1) is 0 Å². The van der Waals surface area contributed by atoms with E-state index in [4.69, 9.17) is 0 Å². The molecular formula is C8H6F3N3O3. The second kappa shape index (κ2) is 5.14. The third-order valence-corrected chi connectivity index (χ3v) is 1.39. The second-order valence-electron chi connectivity index (χ2n) is 2.69. The molecule has 1 heterocycles. The number of rotatable bonds is 1. The molecule has 0 fully saturated rings. The molecule has 0 saturated carbocycles. The number of nitrogens with one attached hydrogen (secondary N) is 2. The number of pyridine rings is 1. The van der Waals surface area contributed by atoms with E-state index in [0.29, 0.717) is 0 Å². The predicted octanol–water partition coefficient (Wildman–Crippen LogP) is 1.22. The van der Waals surface area contributed by atoms with Gasteiger partial charge in [-0.3, -0.25) is 4.98 Å². The Balaban J connectivity index is 2.39. The van der Waals surface area contributed by atoms with E-state index in [2.05, 4.69) is 15.1 Å². The third-order valence-electron chi connectivity index (χ3n) is 1.39. The van der Waals surface area contributed by atoms with Gasteiger partial charge < -0.3 is 10.2 Å². The summed E-state index contributed by atoms with van der Waals surface area (Å²) < 4.78 is 35.0. The Hall–Kier alpha value is -2.32. The highest BCUT2D eigenvalue weighted by molar-refractivity contribution is 5.89. The van der Waals surface area contributed by atoms with Gasteiger partial charge >= 0.3 is 18.2 Å². The van der Waals surface area contributed by atoms with Gasteiger partial charge in [-0.05, 0) is 12.1 Å². The first-order valence-corrected chi connectivity index (χ1v) is 4.14. The number of carbonyl (C=O) groups is 2. The molecule has 17 heavy (non-hydrogen) atoms. The van der Waals surface area contributed by atoms with Crippen LogP contribution in [0.3, 0.4) is 0 Å². The minimum absolute atomic E-state index is 0.230. The summed E-state index contributed by atoms with van der Waals surface area (Å²) in [6.45, 7) is 0. The largest absolute Gasteiger partial charge is 0.493 e. The Morgan fingerprint density at radius 3 is 2.59 bits per heavy atom. The van der Waals surface area contributed by atoms with Crippen LogP contribution >= 0.6 is 0 Å². The van der Waals surface area contributed by atoms with Crippen LogP contribution < -0.4 is 10.8 Å². The molecule has 0 aliphatic heterocycles. The Kier molecular flexibility index (Phi) is 3.86. The average molecular weight is 249 g/mol. The van der Waals surface area contributed by atoms with E-state index in [0.717, 1.165) is 0 Å². The summed E-state index contributed by atoms with van der Waals surface area (Å²) in [7, 11) is 0. The van der Waals surface area contributed by atoms with Gasteiger partial charge in [0.2, 0.25) is 0 Å². The maximum absolute atomic E-state index is 11.7. The summed E-state index contributed by atoms with van der Waals surface area (Å²) in [6, 6.07) is 1.81. The van der Waals surface area contributed by atoms with Crippen LogP contribution in [0, 0.1) is 0 Å². The maximum Gasteiger partial charge on any atom is 0.493 e. The summed E-state index contributed by atoms with van der Waals surface area (Å²) >= 11 is 0. The number of halogens is 3. The molecule has 2 N–H and O–H groups in total. The first-order valence-electron chi connectivity index (χ1n) is 4.14. The molecule has 2 amide bonds. The number of anilines is 1. The van der Waals surface area contributed by atoms with Crippen LogP contribution in [0.4, 0.5) is 23.7 Å². The number of alkyl halides is 3. The van der Waals surface area contributed by atoms with E-state index < -0.39 is 18.2 Å². The molecule has 1 aromatic rings. The van der Waals surface area contributed by atoms with Crippen LogP contribution in [0.2, 0.25) is 0 Å². The fourth-order valence-corrected chi connectivity index (χ4v) is 0.744. The molecule has 0 unspecified atom stereocenters. The van der Waals surface area contributed by atoms with E-state index in [9.17, 15) is 22.8 Å². The summed E-state index contributed by atoms with van der Waals surface area (Å²) in [5.74, 6) is -2.51. The standard InChI is InChI=1S/C8H6F3N3O3/c9-8(10,11)6(15)17-14-7(16)13-5-2-1-3-12-4-5/h1-4H,(H2,13,14,16). The van der Waals surface area contributed by atoms with E-state index in [-0.39, 0.29) is 5.69 Å². The van der Waals surface area contributed by atoms with Crippen molar-refractivity contribution < 1.29 is 27.6 Å². The SMILES string of the molecule is O=C(NOC(=O)C(F)(F)F)Nc1cccnc1. The fraction of sp³-hybridized carbons (Fsp3) is 0.125. The predicted molar refractivity (Wildman–Crippen MR) is 48.5 cm³/mol. The van der Waals surface area contributed by atoms with Gasteiger partial charge in [-0.25, -0.2) is 9.59 Å². The number of hydrogen-bond acceptors (Lipinski definition) is 4. The first kappa shape index (κ1) is 12.7. The monoisotopic (exact) mass is 249 g/mol. The Morgan fingerprint density at radius 1 is 1.35 bits per heavy atom. The van der Waals surface area contributed by atoms with Crippen LogP contribution in [0.1, 0.15) is 0 Å². The van der Waals surface area contributed by atoms with Gasteiger partial charge in [0.25, 0.3) is 0 Å². The van der Waals surface area contributed by atoms with Crippen molar-refractivity contribution in [3.8, 4) is 0 Å². The molecule has 0 aromatic carbocycles. The van der Waals surface area contributed by atoms with E-state index >= 15 is 0 Å². The van der Waals surface area contributed by atoms with Crippen molar-refractivity contribution in [2.24, 2.45) is 0 Å². The highest BCUT2D eigenvalue weighted by Crippen LogP contribution is 2.15. The summed E-state index contributed by atoms with van der Waals surface area (Å²) in [4.78, 5) is 28.3. The van der Waals surface area contributed by atoms with Gasteiger partial charge in [0.05, 0.1) is 11.9 Å². The highest BCUT2D eigenvalue weighted by atomic mass is 19.4. The highest BCUT2D eigenvalue weighted by Gasteiger charge is 2.41. The Morgan fingerprint density at radius 2 is 2.06 bits per heavy atom. The normalized spacial score (nSPS) is 10.5. The lowest BCUT2D eigenvalue weighted by atomic mass is 10.4. The quantitative estimate of drug-likeness (QED) is 0.733. The molecule has 0 bridgehead atoms. The molecule has 9 heteroatoms. The molecule has 1 aromatic heterocycles. The van der Waals surface area contributed by atoms with Crippen molar-refractivity contribution >= 4 is 17.7 Å². The topological polar surface area (TPSA) is 80.3 Å². The Labute approximate surface area is 92.7 Å². The summed E-state index contributed by atoms with van der Waals surface area (Å²) in [5.41, 5.74) is 1.52. The number of aromatic nitrogens is 1. The summed E-state index contributed by atoms with van der Waals surface area (Å²) in [6.07, 6.45) is -2.47. The van der Waals surface area contributed by atoms with Crippen LogP contribution in [0.25, 0.3) is 0 Å². The van der Waals surface area contributed by atoms with Gasteiger partial charge in [0, 0.05) is 6.20 Å². The van der Waals surface area contributed by atoms with Crippen molar-refractivity contribution in [1.82, 2.24) is 10.5 Å². The van der Waals surface area contributed by atoms with Crippen molar-refractivity contribution in [1.29, 1.82) is 0 Å². The molecule has 6 nitrogen and oxygen atoms in total. The zero-order valence-electron chi connectivity index (χ0n) is 8.12. The fourth-order valence-electron chi connectivity index (χ4n) is 0.744. The van der Waals surface area contributed by atoms with E-state index in [1.165, 1.54) is 30.0 Å². The number of urea groups is 1. The van der Waals surface area contributed by atoms with E-state index in [1.54, 1.807) is 0 Å². The second-order valence-corrected chi connectivity index (χ2v) is 2.69. The van der Waals surface area contributed by atoms with Crippen molar-refractivity contribution in [2.45, 2.75) is 6.18 Å². The zero-order valence-corrected chi connectivity index (χ0v) is 8.12. The van der Waals surface area contributed by atoms with Crippen LogP contribution in [-0.4, -0.2) is 23.2 Å². The van der Waals surface area contributed by atoms with Crippen LogP contribution in [0.15, 0.2) is 24.5 Å². The van der Waals surface area contributed by atoms with Crippen LogP contribution in [-0.2, 0) is 9.63 Å². The van der Waals surface area contributed by atoms with Crippen molar-refractivity contribution in [3.05, 3.63) is 24.5 Å². The van der Waals surface area contributed by atoms with Crippen LogP contribution in [0.5, 0.6) is 0 Å². The molecule has 0 aliphatic rings. The molecule has 0 radical (unpaired) electrons. The molecular weight excluding hydrogens is 243 g/mol. The minimum Gasteiger partial charge on any atom is -0.331 e. The van der Waals surface area contributed by atoms with Gasteiger partial charge in [-0.1, -0.05) is 0 Å². The molecule has 0 atom stereocenters. The van der Waals surface area contributed by atoms with Gasteiger partial charge in [-0.2, -0.15) is 18.7 Å². The maximum atomic E-state index is 11.7.